The predicted octanol–water partition coefficient (Wildman–Crippen LogP) is 2.32. The Morgan fingerprint density at radius 2 is 1.77 bits per heavy atom. The van der Waals surface area contributed by atoms with Gasteiger partial charge in [0.15, 0.2) is 11.5 Å². The molecule has 0 aromatic heterocycles. The molecule has 0 bridgehead atoms. The molecule has 2 aromatic rings. The van der Waals surface area contributed by atoms with E-state index in [9.17, 15) is 25.3 Å². The molecule has 0 aliphatic carbocycles. The third-order valence-corrected chi connectivity index (χ3v) is 3.65. The molecule has 0 saturated heterocycles. The van der Waals surface area contributed by atoms with Gasteiger partial charge in [-0.3, -0.25) is 0 Å². The van der Waals surface area contributed by atoms with E-state index in [2.05, 4.69) is 5.18 Å². The summed E-state index contributed by atoms with van der Waals surface area (Å²) in [6.45, 7) is 0. The number of rotatable bonds is 2. The first-order chi connectivity index (χ1) is 10.5. The Bertz CT molecular complexity index is 745. The van der Waals surface area contributed by atoms with Gasteiger partial charge in [-0.15, -0.1) is 0 Å². The monoisotopic (exact) mass is 303 g/mol. The quantitative estimate of drug-likeness (QED) is 0.499. The van der Waals surface area contributed by atoms with Crippen molar-refractivity contribution in [2.75, 3.05) is 0 Å². The summed E-state index contributed by atoms with van der Waals surface area (Å²) in [4.78, 5) is 11.1. The van der Waals surface area contributed by atoms with Crippen molar-refractivity contribution in [1.82, 2.24) is 0 Å². The van der Waals surface area contributed by atoms with Crippen LogP contribution in [-0.4, -0.2) is 26.5 Å². The molecule has 114 valence electrons. The second kappa shape index (κ2) is 5.10. The van der Waals surface area contributed by atoms with Crippen LogP contribution in [0.5, 0.6) is 28.7 Å². The lowest BCUT2D eigenvalue weighted by molar-refractivity contribution is 0.151. The minimum atomic E-state index is -0.813. The van der Waals surface area contributed by atoms with E-state index in [-0.39, 0.29) is 35.2 Å². The smallest absolute Gasteiger partial charge is 0.157 e. The number of hydrogen-bond acceptors (Lipinski definition) is 7. The largest absolute Gasteiger partial charge is 0.508 e. The summed E-state index contributed by atoms with van der Waals surface area (Å²) in [5.74, 6) is -0.715. The first kappa shape index (κ1) is 14.0. The highest BCUT2D eigenvalue weighted by Gasteiger charge is 2.34. The summed E-state index contributed by atoms with van der Waals surface area (Å²) in [7, 11) is 0. The summed E-state index contributed by atoms with van der Waals surface area (Å²) in [5.41, 5.74) is 0.843. The van der Waals surface area contributed by atoms with E-state index in [1.807, 2.05) is 0 Å². The highest BCUT2D eigenvalue weighted by molar-refractivity contribution is 5.52. The minimum absolute atomic E-state index is 0.136. The Morgan fingerprint density at radius 3 is 2.45 bits per heavy atom. The van der Waals surface area contributed by atoms with E-state index in [0.717, 1.165) is 6.07 Å². The zero-order valence-corrected chi connectivity index (χ0v) is 11.3. The van der Waals surface area contributed by atoms with E-state index in [1.54, 1.807) is 0 Å². The number of phenolic OH excluding ortho intramolecular Hbond substituents is 4. The highest BCUT2D eigenvalue weighted by atomic mass is 16.5. The van der Waals surface area contributed by atoms with Crippen molar-refractivity contribution >= 4 is 0 Å². The number of benzene rings is 2. The number of hydrogen-bond donors (Lipinski definition) is 4. The van der Waals surface area contributed by atoms with Crippen LogP contribution < -0.4 is 4.74 Å². The molecule has 2 aromatic carbocycles. The highest BCUT2D eigenvalue weighted by Crippen LogP contribution is 2.43. The van der Waals surface area contributed by atoms with Crippen LogP contribution in [0.25, 0.3) is 0 Å². The molecule has 2 unspecified atom stereocenters. The molecular formula is C15H13NO6. The third-order valence-electron chi connectivity index (χ3n) is 3.65. The third kappa shape index (κ3) is 2.26. The molecular weight excluding hydrogens is 290 g/mol. The fourth-order valence-electron chi connectivity index (χ4n) is 2.56. The van der Waals surface area contributed by atoms with Crippen LogP contribution in [0.2, 0.25) is 0 Å². The molecule has 1 aliphatic heterocycles. The maximum absolute atomic E-state index is 11.1. The van der Waals surface area contributed by atoms with Gasteiger partial charge in [-0.2, -0.15) is 4.91 Å². The normalized spacial score (nSPS) is 20.0. The lowest BCUT2D eigenvalue weighted by atomic mass is 9.92. The SMILES string of the molecule is O=NC1Cc2c(O)cc(O)cc2OC1c1ccc(O)c(O)c1. The van der Waals surface area contributed by atoms with E-state index in [4.69, 9.17) is 4.74 Å². The van der Waals surface area contributed by atoms with Gasteiger partial charge >= 0.3 is 0 Å². The van der Waals surface area contributed by atoms with Gasteiger partial charge in [0, 0.05) is 24.1 Å². The number of nitroso groups, excluding NO2 is 1. The summed E-state index contributed by atoms with van der Waals surface area (Å²) in [6.07, 6.45) is -0.658. The van der Waals surface area contributed by atoms with E-state index < -0.39 is 12.1 Å². The van der Waals surface area contributed by atoms with Crippen molar-refractivity contribution in [3.63, 3.8) is 0 Å². The second-order valence-corrected chi connectivity index (χ2v) is 5.11. The van der Waals surface area contributed by atoms with Crippen LogP contribution in [0.15, 0.2) is 35.5 Å². The average molecular weight is 303 g/mol. The van der Waals surface area contributed by atoms with Crippen molar-refractivity contribution in [1.29, 1.82) is 0 Å². The number of ether oxygens (including phenoxy) is 1. The van der Waals surface area contributed by atoms with E-state index >= 15 is 0 Å². The lowest BCUT2D eigenvalue weighted by Crippen LogP contribution is -2.28. The molecule has 1 aliphatic rings. The number of phenols is 4. The molecule has 2 atom stereocenters. The molecule has 7 heteroatoms. The maximum atomic E-state index is 11.1. The van der Waals surface area contributed by atoms with Gasteiger partial charge in [0.25, 0.3) is 0 Å². The Morgan fingerprint density at radius 1 is 1.00 bits per heavy atom. The molecule has 0 spiro atoms. The number of fused-ring (bicyclic) bond motifs is 1. The number of aromatic hydroxyl groups is 4. The average Bonchev–Trinajstić information content (AvgIpc) is 2.48. The number of nitrogens with zero attached hydrogens (tertiary/aromatic N) is 1. The Labute approximate surface area is 125 Å². The van der Waals surface area contributed by atoms with Crippen molar-refractivity contribution in [3.05, 3.63) is 46.4 Å². The summed E-state index contributed by atoms with van der Waals surface area (Å²) in [6, 6.07) is 5.76. The molecule has 0 saturated carbocycles. The first-order valence-electron chi connectivity index (χ1n) is 6.55. The zero-order chi connectivity index (χ0) is 15.9. The Hall–Kier alpha value is -2.96. The standard InChI is InChI=1S/C15H13NO6/c17-8-4-12(19)9-6-10(16-21)15(22-14(9)5-8)7-1-2-11(18)13(20)3-7/h1-5,10,15,17-20H,6H2. The van der Waals surface area contributed by atoms with Gasteiger partial charge in [0.05, 0.1) is 0 Å². The van der Waals surface area contributed by atoms with Gasteiger partial charge in [-0.25, -0.2) is 0 Å². The van der Waals surface area contributed by atoms with E-state index in [1.165, 1.54) is 24.3 Å². The molecule has 3 rings (SSSR count). The second-order valence-electron chi connectivity index (χ2n) is 5.11. The van der Waals surface area contributed by atoms with Gasteiger partial charge in [-0.05, 0) is 17.7 Å². The lowest BCUT2D eigenvalue weighted by Gasteiger charge is -2.30. The van der Waals surface area contributed by atoms with E-state index in [0.29, 0.717) is 11.1 Å². The fourth-order valence-corrected chi connectivity index (χ4v) is 2.56. The van der Waals surface area contributed by atoms with Gasteiger partial charge < -0.3 is 25.2 Å². The predicted molar refractivity (Wildman–Crippen MR) is 76.2 cm³/mol. The molecule has 0 amide bonds. The van der Waals surface area contributed by atoms with Gasteiger partial charge in [0.1, 0.15) is 29.4 Å². The van der Waals surface area contributed by atoms with Crippen molar-refractivity contribution in [2.24, 2.45) is 5.18 Å². The fraction of sp³-hybridized carbons (Fsp3) is 0.200. The summed E-state index contributed by atoms with van der Waals surface area (Å²) in [5, 5.41) is 41.3. The Balaban J connectivity index is 2.04. The molecule has 1 heterocycles. The van der Waals surface area contributed by atoms with Crippen molar-refractivity contribution in [3.8, 4) is 28.7 Å². The van der Waals surface area contributed by atoms with Crippen LogP contribution in [0, 0.1) is 4.91 Å². The van der Waals surface area contributed by atoms with Crippen molar-refractivity contribution < 1.29 is 25.2 Å². The molecule has 22 heavy (non-hydrogen) atoms. The molecule has 7 nitrogen and oxygen atoms in total. The van der Waals surface area contributed by atoms with Crippen LogP contribution in [0.1, 0.15) is 17.2 Å². The first-order valence-corrected chi connectivity index (χ1v) is 6.55. The Kier molecular flexibility index (Phi) is 3.25. The maximum Gasteiger partial charge on any atom is 0.157 e. The van der Waals surface area contributed by atoms with Crippen LogP contribution in [-0.2, 0) is 6.42 Å². The summed E-state index contributed by atoms with van der Waals surface area (Å²) >= 11 is 0. The topological polar surface area (TPSA) is 120 Å². The zero-order valence-electron chi connectivity index (χ0n) is 11.3. The summed E-state index contributed by atoms with van der Waals surface area (Å²) < 4.78 is 5.67. The van der Waals surface area contributed by atoms with Crippen molar-refractivity contribution in [2.45, 2.75) is 18.6 Å². The minimum Gasteiger partial charge on any atom is -0.508 e. The molecule has 0 radical (unpaired) electrons. The molecule has 0 fully saturated rings. The molecule has 4 N–H and O–H groups in total. The van der Waals surface area contributed by atoms with Gasteiger partial charge in [-0.1, -0.05) is 11.2 Å². The van der Waals surface area contributed by atoms with Gasteiger partial charge in [0.2, 0.25) is 0 Å². The van der Waals surface area contributed by atoms with Crippen LogP contribution >= 0.6 is 0 Å². The van der Waals surface area contributed by atoms with Crippen LogP contribution in [0.3, 0.4) is 0 Å². The van der Waals surface area contributed by atoms with Crippen LogP contribution in [0.4, 0.5) is 0 Å².